The SMILES string of the molecule is O=C(CSc1cc(C(F)(F)F)c2cc3c(cc2n1)OCO3)NCc1ccc(C(=O)O)cc1. The summed E-state index contributed by atoms with van der Waals surface area (Å²) in [6.07, 6.45) is -4.62. The number of benzene rings is 2. The van der Waals surface area contributed by atoms with Crippen molar-refractivity contribution in [1.29, 1.82) is 0 Å². The molecule has 0 fully saturated rings. The molecule has 2 heterocycles. The number of carbonyl (C=O) groups excluding carboxylic acids is 1. The molecule has 0 radical (unpaired) electrons. The van der Waals surface area contributed by atoms with Crippen LogP contribution in [0.4, 0.5) is 13.2 Å². The third-order valence-electron chi connectivity index (χ3n) is 4.63. The molecule has 1 aromatic heterocycles. The van der Waals surface area contributed by atoms with E-state index < -0.39 is 23.6 Å². The Labute approximate surface area is 183 Å². The van der Waals surface area contributed by atoms with Gasteiger partial charge in [-0.05, 0) is 29.8 Å². The molecule has 11 heteroatoms. The van der Waals surface area contributed by atoms with Crippen molar-refractivity contribution in [2.75, 3.05) is 12.5 Å². The lowest BCUT2D eigenvalue weighted by Gasteiger charge is -2.13. The minimum atomic E-state index is -4.62. The lowest BCUT2D eigenvalue weighted by molar-refractivity contribution is -0.136. The fraction of sp³-hybridized carbons (Fsp3) is 0.190. The number of rotatable bonds is 6. The third-order valence-corrected chi connectivity index (χ3v) is 5.54. The number of ether oxygens (including phenoxy) is 2. The van der Waals surface area contributed by atoms with E-state index in [2.05, 4.69) is 10.3 Å². The van der Waals surface area contributed by atoms with Gasteiger partial charge in [0.2, 0.25) is 12.7 Å². The Balaban J connectivity index is 1.46. The molecule has 0 spiro atoms. The van der Waals surface area contributed by atoms with Crippen LogP contribution in [0, 0.1) is 0 Å². The quantitative estimate of drug-likeness (QED) is 0.531. The van der Waals surface area contributed by atoms with Crippen molar-refractivity contribution in [1.82, 2.24) is 10.3 Å². The van der Waals surface area contributed by atoms with E-state index in [0.29, 0.717) is 11.3 Å². The molecule has 2 N–H and O–H groups in total. The summed E-state index contributed by atoms with van der Waals surface area (Å²) in [5, 5.41) is 11.5. The first-order valence-electron chi connectivity index (χ1n) is 9.24. The first kappa shape index (κ1) is 21.8. The lowest BCUT2D eigenvalue weighted by Crippen LogP contribution is -2.24. The zero-order valence-corrected chi connectivity index (χ0v) is 17.0. The molecular weight excluding hydrogens is 449 g/mol. The van der Waals surface area contributed by atoms with Crippen LogP contribution in [0.5, 0.6) is 11.5 Å². The van der Waals surface area contributed by atoms with Crippen molar-refractivity contribution in [3.05, 3.63) is 59.2 Å². The van der Waals surface area contributed by atoms with Crippen molar-refractivity contribution < 1.29 is 37.3 Å². The second-order valence-corrected chi connectivity index (χ2v) is 7.79. The maximum absolute atomic E-state index is 13.6. The molecule has 0 saturated carbocycles. The van der Waals surface area contributed by atoms with Crippen LogP contribution in [-0.4, -0.2) is 34.5 Å². The number of thioether (sulfide) groups is 1. The summed E-state index contributed by atoms with van der Waals surface area (Å²) in [4.78, 5) is 27.2. The number of amides is 1. The third kappa shape index (κ3) is 4.72. The largest absolute Gasteiger partial charge is 0.478 e. The highest BCUT2D eigenvalue weighted by Gasteiger charge is 2.34. The van der Waals surface area contributed by atoms with Crippen LogP contribution in [0.15, 0.2) is 47.5 Å². The predicted molar refractivity (Wildman–Crippen MR) is 109 cm³/mol. The zero-order chi connectivity index (χ0) is 22.9. The van der Waals surface area contributed by atoms with E-state index in [1.54, 1.807) is 12.1 Å². The number of hydrogen-bond acceptors (Lipinski definition) is 6. The molecule has 0 atom stereocenters. The van der Waals surface area contributed by atoms with Crippen LogP contribution in [0.3, 0.4) is 0 Å². The Kier molecular flexibility index (Phi) is 5.83. The van der Waals surface area contributed by atoms with E-state index in [1.807, 2.05) is 0 Å². The van der Waals surface area contributed by atoms with Gasteiger partial charge in [0.15, 0.2) is 11.5 Å². The molecule has 166 valence electrons. The molecule has 3 aromatic rings. The van der Waals surface area contributed by atoms with Gasteiger partial charge in [0.25, 0.3) is 0 Å². The van der Waals surface area contributed by atoms with E-state index in [4.69, 9.17) is 14.6 Å². The standard InChI is InChI=1S/C21H15F3N2O5S/c22-21(23,24)14-6-19(26-15-7-17-16(5-13(14)15)30-10-31-17)32-9-18(27)25-8-11-1-3-12(4-2-11)20(28)29/h1-7H,8-10H2,(H,25,27)(H,28,29). The molecular formula is C21H15F3N2O5S. The molecule has 1 amide bonds. The second-order valence-electron chi connectivity index (χ2n) is 6.80. The van der Waals surface area contributed by atoms with Crippen molar-refractivity contribution >= 4 is 34.5 Å². The number of fused-ring (bicyclic) bond motifs is 2. The molecule has 0 unspecified atom stereocenters. The summed E-state index contributed by atoms with van der Waals surface area (Å²) in [6.45, 7) is 0.0789. The van der Waals surface area contributed by atoms with Crippen LogP contribution < -0.4 is 14.8 Å². The number of hydrogen-bond donors (Lipinski definition) is 2. The molecule has 1 aliphatic heterocycles. The summed E-state index contributed by atoms with van der Waals surface area (Å²) >= 11 is 0.875. The number of nitrogens with zero attached hydrogens (tertiary/aromatic N) is 1. The smallest absolute Gasteiger partial charge is 0.417 e. The highest BCUT2D eigenvalue weighted by molar-refractivity contribution is 7.99. The number of nitrogens with one attached hydrogen (secondary N) is 1. The van der Waals surface area contributed by atoms with Crippen molar-refractivity contribution in [3.8, 4) is 11.5 Å². The first-order valence-corrected chi connectivity index (χ1v) is 10.2. The first-order chi connectivity index (χ1) is 15.2. The molecule has 0 aliphatic carbocycles. The number of carbonyl (C=O) groups is 2. The van der Waals surface area contributed by atoms with Gasteiger partial charge in [0, 0.05) is 18.0 Å². The number of aromatic nitrogens is 1. The van der Waals surface area contributed by atoms with Gasteiger partial charge in [0.1, 0.15) is 0 Å². The van der Waals surface area contributed by atoms with E-state index in [1.165, 1.54) is 24.3 Å². The summed E-state index contributed by atoms with van der Waals surface area (Å²) in [7, 11) is 0. The van der Waals surface area contributed by atoms with Crippen LogP contribution in [-0.2, 0) is 17.5 Å². The Morgan fingerprint density at radius 3 is 2.44 bits per heavy atom. The van der Waals surface area contributed by atoms with Gasteiger partial charge in [-0.2, -0.15) is 13.2 Å². The summed E-state index contributed by atoms with van der Waals surface area (Å²) < 4.78 is 51.2. The van der Waals surface area contributed by atoms with Gasteiger partial charge in [-0.3, -0.25) is 4.79 Å². The average molecular weight is 464 g/mol. The molecule has 0 bridgehead atoms. The van der Waals surface area contributed by atoms with E-state index in [0.717, 1.165) is 17.8 Å². The average Bonchev–Trinajstić information content (AvgIpc) is 3.21. The second kappa shape index (κ2) is 8.58. The minimum Gasteiger partial charge on any atom is -0.478 e. The monoisotopic (exact) mass is 464 g/mol. The minimum absolute atomic E-state index is 0.0460. The number of carboxylic acids is 1. The molecule has 32 heavy (non-hydrogen) atoms. The van der Waals surface area contributed by atoms with Gasteiger partial charge in [-0.25, -0.2) is 9.78 Å². The summed E-state index contributed by atoms with van der Waals surface area (Å²) in [5.41, 5.74) is 0.0291. The fourth-order valence-corrected chi connectivity index (χ4v) is 3.80. The van der Waals surface area contributed by atoms with E-state index in [-0.39, 0.29) is 46.3 Å². The van der Waals surface area contributed by atoms with Gasteiger partial charge in [-0.15, -0.1) is 0 Å². The maximum atomic E-state index is 13.6. The molecule has 1 aliphatic rings. The van der Waals surface area contributed by atoms with Gasteiger partial charge >= 0.3 is 12.1 Å². The van der Waals surface area contributed by atoms with Crippen LogP contribution in [0.1, 0.15) is 21.5 Å². The van der Waals surface area contributed by atoms with Crippen molar-refractivity contribution in [3.63, 3.8) is 0 Å². The van der Waals surface area contributed by atoms with Gasteiger partial charge in [-0.1, -0.05) is 23.9 Å². The number of halogens is 3. The Bertz CT molecular complexity index is 1200. The fourth-order valence-electron chi connectivity index (χ4n) is 3.06. The maximum Gasteiger partial charge on any atom is 0.417 e. The van der Waals surface area contributed by atoms with Crippen LogP contribution in [0.2, 0.25) is 0 Å². The highest BCUT2D eigenvalue weighted by atomic mass is 32.2. The van der Waals surface area contributed by atoms with Crippen molar-refractivity contribution in [2.24, 2.45) is 0 Å². The normalized spacial score (nSPS) is 12.7. The number of aromatic carboxylic acids is 1. The molecule has 7 nitrogen and oxygen atoms in total. The Hall–Kier alpha value is -3.47. The van der Waals surface area contributed by atoms with E-state index in [9.17, 15) is 22.8 Å². The van der Waals surface area contributed by atoms with E-state index >= 15 is 0 Å². The number of carboxylic acid groups (broad SMARTS) is 1. The molecule has 4 rings (SSSR count). The number of alkyl halides is 3. The topological polar surface area (TPSA) is 97.8 Å². The summed E-state index contributed by atoms with van der Waals surface area (Å²) in [6, 6.07) is 9.53. The van der Waals surface area contributed by atoms with Gasteiger partial charge in [0.05, 0.1) is 27.4 Å². The Morgan fingerprint density at radius 2 is 1.78 bits per heavy atom. The number of pyridine rings is 1. The van der Waals surface area contributed by atoms with Crippen molar-refractivity contribution in [2.45, 2.75) is 17.7 Å². The summed E-state index contributed by atoms with van der Waals surface area (Å²) in [5.74, 6) is -1.07. The Morgan fingerprint density at radius 1 is 1.09 bits per heavy atom. The predicted octanol–water partition coefficient (Wildman–Crippen LogP) is 4.09. The highest BCUT2D eigenvalue weighted by Crippen LogP contribution is 2.42. The van der Waals surface area contributed by atoms with Crippen LogP contribution in [0.25, 0.3) is 10.9 Å². The molecule has 0 saturated heterocycles. The molecule has 2 aromatic carbocycles. The lowest BCUT2D eigenvalue weighted by atomic mass is 10.1. The zero-order valence-electron chi connectivity index (χ0n) is 16.2. The van der Waals surface area contributed by atoms with Gasteiger partial charge < -0.3 is 19.9 Å². The van der Waals surface area contributed by atoms with Crippen LogP contribution >= 0.6 is 11.8 Å².